The Hall–Kier alpha value is -2.40. The van der Waals surface area contributed by atoms with Crippen molar-refractivity contribution in [3.63, 3.8) is 0 Å². The number of aromatic nitrogens is 1. The lowest BCUT2D eigenvalue weighted by Crippen LogP contribution is -2.24. The molecule has 5 nitrogen and oxygen atoms in total. The molecule has 4 N–H and O–H groups in total. The molecule has 0 aliphatic heterocycles. The van der Waals surface area contributed by atoms with Gasteiger partial charge in [0.1, 0.15) is 5.69 Å². The fourth-order valence-corrected chi connectivity index (χ4v) is 2.25. The lowest BCUT2D eigenvalue weighted by atomic mass is 10.1. The summed E-state index contributed by atoms with van der Waals surface area (Å²) >= 11 is 0. The van der Waals surface area contributed by atoms with E-state index in [2.05, 4.69) is 22.9 Å². The van der Waals surface area contributed by atoms with Crippen molar-refractivity contribution in [2.24, 2.45) is 11.5 Å². The van der Waals surface area contributed by atoms with Crippen molar-refractivity contribution >= 4 is 11.6 Å². The van der Waals surface area contributed by atoms with Crippen molar-refractivity contribution in [3.05, 3.63) is 59.4 Å². The Kier molecular flexibility index (Phi) is 4.90. The van der Waals surface area contributed by atoms with Crippen molar-refractivity contribution in [2.75, 3.05) is 11.4 Å². The van der Waals surface area contributed by atoms with Crippen LogP contribution in [0.2, 0.25) is 0 Å². The maximum atomic E-state index is 11.2. The first-order valence-corrected chi connectivity index (χ1v) is 6.93. The molecule has 1 aromatic heterocycles. The summed E-state index contributed by atoms with van der Waals surface area (Å²) in [6, 6.07) is 11.7. The summed E-state index contributed by atoms with van der Waals surface area (Å²) in [5, 5.41) is 0. The third kappa shape index (κ3) is 3.58. The van der Waals surface area contributed by atoms with Gasteiger partial charge < -0.3 is 16.4 Å². The summed E-state index contributed by atoms with van der Waals surface area (Å²) in [5.74, 6) is -0.518. The number of pyridine rings is 1. The van der Waals surface area contributed by atoms with Crippen molar-refractivity contribution in [1.29, 1.82) is 0 Å². The van der Waals surface area contributed by atoms with Crippen molar-refractivity contribution < 1.29 is 4.79 Å². The Morgan fingerprint density at radius 1 is 1.24 bits per heavy atom. The highest BCUT2D eigenvalue weighted by atomic mass is 16.1. The third-order valence-electron chi connectivity index (χ3n) is 3.44. The van der Waals surface area contributed by atoms with Crippen LogP contribution in [0.3, 0.4) is 0 Å². The van der Waals surface area contributed by atoms with Gasteiger partial charge in [-0.15, -0.1) is 0 Å². The van der Waals surface area contributed by atoms with E-state index in [1.807, 2.05) is 24.3 Å². The van der Waals surface area contributed by atoms with E-state index in [4.69, 9.17) is 11.5 Å². The van der Waals surface area contributed by atoms with E-state index in [0.29, 0.717) is 6.54 Å². The molecule has 21 heavy (non-hydrogen) atoms. The molecule has 0 unspecified atom stereocenters. The van der Waals surface area contributed by atoms with Gasteiger partial charge in [0.25, 0.3) is 5.91 Å². The number of primary amides is 1. The maximum absolute atomic E-state index is 11.2. The molecule has 2 rings (SSSR count). The molecule has 0 bridgehead atoms. The van der Waals surface area contributed by atoms with E-state index in [1.54, 1.807) is 12.3 Å². The van der Waals surface area contributed by atoms with Gasteiger partial charge in [0.2, 0.25) is 0 Å². The van der Waals surface area contributed by atoms with Crippen LogP contribution in [-0.2, 0) is 13.1 Å². The smallest absolute Gasteiger partial charge is 0.267 e. The first-order valence-electron chi connectivity index (χ1n) is 6.93. The highest BCUT2D eigenvalue weighted by molar-refractivity contribution is 5.91. The van der Waals surface area contributed by atoms with Crippen LogP contribution < -0.4 is 16.4 Å². The first kappa shape index (κ1) is 15.0. The number of benzene rings is 1. The van der Waals surface area contributed by atoms with E-state index in [-0.39, 0.29) is 5.69 Å². The number of amides is 1. The molecule has 0 aliphatic carbocycles. The van der Waals surface area contributed by atoms with E-state index in [9.17, 15) is 4.79 Å². The predicted octanol–water partition coefficient (Wildman–Crippen LogP) is 1.67. The third-order valence-corrected chi connectivity index (χ3v) is 3.44. The molecule has 0 fully saturated rings. The zero-order valence-corrected chi connectivity index (χ0v) is 12.1. The minimum Gasteiger partial charge on any atom is -0.367 e. The van der Waals surface area contributed by atoms with Crippen LogP contribution in [-0.4, -0.2) is 17.4 Å². The predicted molar refractivity (Wildman–Crippen MR) is 83.8 cm³/mol. The number of nitrogens with zero attached hydrogens (tertiary/aromatic N) is 2. The molecule has 1 amide bonds. The molecule has 0 saturated heterocycles. The van der Waals surface area contributed by atoms with Gasteiger partial charge in [-0.05, 0) is 30.2 Å². The number of carbonyl (C=O) groups excluding carboxylic acids is 1. The fraction of sp³-hybridized carbons (Fsp3) is 0.250. The number of hydrogen-bond acceptors (Lipinski definition) is 4. The summed E-state index contributed by atoms with van der Waals surface area (Å²) in [6.45, 7) is 4.11. The maximum Gasteiger partial charge on any atom is 0.267 e. The monoisotopic (exact) mass is 284 g/mol. The van der Waals surface area contributed by atoms with Crippen molar-refractivity contribution in [3.8, 4) is 0 Å². The Balaban J connectivity index is 2.27. The van der Waals surface area contributed by atoms with E-state index >= 15 is 0 Å². The second-order valence-electron chi connectivity index (χ2n) is 4.75. The van der Waals surface area contributed by atoms with Crippen molar-refractivity contribution in [2.45, 2.75) is 20.0 Å². The lowest BCUT2D eigenvalue weighted by molar-refractivity contribution is 0.0995. The van der Waals surface area contributed by atoms with E-state index < -0.39 is 5.91 Å². The molecular formula is C16H20N4O. The van der Waals surface area contributed by atoms with Gasteiger partial charge in [0.15, 0.2) is 0 Å². The zero-order valence-electron chi connectivity index (χ0n) is 12.1. The molecule has 2 aromatic rings. The lowest BCUT2D eigenvalue weighted by Gasteiger charge is -2.24. The summed E-state index contributed by atoms with van der Waals surface area (Å²) in [6.07, 6.45) is 1.60. The SMILES string of the molecule is CCN(Cc1ccccc1CN)c1ccnc(C(N)=O)c1. The number of carbonyl (C=O) groups is 1. The number of nitrogens with two attached hydrogens (primary N) is 2. The summed E-state index contributed by atoms with van der Waals surface area (Å²) < 4.78 is 0. The highest BCUT2D eigenvalue weighted by Gasteiger charge is 2.10. The molecule has 0 spiro atoms. The van der Waals surface area contributed by atoms with Crippen LogP contribution in [0.1, 0.15) is 28.5 Å². The average molecular weight is 284 g/mol. The van der Waals surface area contributed by atoms with Crippen LogP contribution in [0, 0.1) is 0 Å². The number of hydrogen-bond donors (Lipinski definition) is 2. The minimum absolute atomic E-state index is 0.276. The topological polar surface area (TPSA) is 85.2 Å². The molecule has 0 atom stereocenters. The Morgan fingerprint density at radius 3 is 2.57 bits per heavy atom. The van der Waals surface area contributed by atoms with Gasteiger partial charge in [-0.2, -0.15) is 0 Å². The zero-order chi connectivity index (χ0) is 15.2. The van der Waals surface area contributed by atoms with Gasteiger partial charge in [0, 0.05) is 31.5 Å². The molecule has 110 valence electrons. The van der Waals surface area contributed by atoms with Gasteiger partial charge in [-0.1, -0.05) is 24.3 Å². The summed E-state index contributed by atoms with van der Waals surface area (Å²) in [7, 11) is 0. The summed E-state index contributed by atoms with van der Waals surface area (Å²) in [4.78, 5) is 17.4. The summed E-state index contributed by atoms with van der Waals surface area (Å²) in [5.41, 5.74) is 14.6. The van der Waals surface area contributed by atoms with Gasteiger partial charge in [0.05, 0.1) is 0 Å². The van der Waals surface area contributed by atoms with Gasteiger partial charge in [-0.3, -0.25) is 9.78 Å². The van der Waals surface area contributed by atoms with E-state index in [0.717, 1.165) is 24.3 Å². The van der Waals surface area contributed by atoms with Gasteiger partial charge in [-0.25, -0.2) is 0 Å². The largest absolute Gasteiger partial charge is 0.367 e. The normalized spacial score (nSPS) is 10.4. The Morgan fingerprint density at radius 2 is 1.95 bits per heavy atom. The van der Waals surface area contributed by atoms with Gasteiger partial charge >= 0.3 is 0 Å². The Labute approximate surface area is 124 Å². The van der Waals surface area contributed by atoms with E-state index in [1.165, 1.54) is 5.56 Å². The number of rotatable bonds is 6. The van der Waals surface area contributed by atoms with Crippen LogP contribution in [0.4, 0.5) is 5.69 Å². The molecule has 1 heterocycles. The van der Waals surface area contributed by atoms with Crippen LogP contribution in [0.5, 0.6) is 0 Å². The molecule has 1 aromatic carbocycles. The standard InChI is InChI=1S/C16H20N4O/c1-2-20(11-13-6-4-3-5-12(13)10-17)14-7-8-19-15(9-14)16(18)21/h3-9H,2,10-11,17H2,1H3,(H2,18,21). The average Bonchev–Trinajstić information content (AvgIpc) is 2.53. The highest BCUT2D eigenvalue weighted by Crippen LogP contribution is 2.19. The Bertz CT molecular complexity index is 627. The molecule has 0 aliphatic rings. The molecule has 0 radical (unpaired) electrons. The second-order valence-corrected chi connectivity index (χ2v) is 4.75. The van der Waals surface area contributed by atoms with Crippen LogP contribution in [0.25, 0.3) is 0 Å². The molecular weight excluding hydrogens is 264 g/mol. The first-order chi connectivity index (χ1) is 10.2. The minimum atomic E-state index is -0.518. The fourth-order valence-electron chi connectivity index (χ4n) is 2.25. The molecule has 0 saturated carbocycles. The van der Waals surface area contributed by atoms with Crippen LogP contribution in [0.15, 0.2) is 42.6 Å². The number of anilines is 1. The molecule has 5 heteroatoms. The van der Waals surface area contributed by atoms with Crippen LogP contribution >= 0.6 is 0 Å². The quantitative estimate of drug-likeness (QED) is 0.845. The van der Waals surface area contributed by atoms with Crippen molar-refractivity contribution in [1.82, 2.24) is 4.98 Å². The second kappa shape index (κ2) is 6.85.